The second kappa shape index (κ2) is 6.99. The van der Waals surface area contributed by atoms with Crippen molar-refractivity contribution in [2.24, 2.45) is 5.73 Å². The maximum atomic E-state index is 5.75. The molecule has 0 radical (unpaired) electrons. The summed E-state index contributed by atoms with van der Waals surface area (Å²) in [6.45, 7) is 3.52. The minimum Gasteiger partial charge on any atom is -0.325 e. The Hall–Kier alpha value is -1.75. The maximum absolute atomic E-state index is 5.75. The predicted molar refractivity (Wildman–Crippen MR) is 75.3 cm³/mol. The van der Waals surface area contributed by atoms with Gasteiger partial charge in [0.25, 0.3) is 0 Å². The molecule has 0 aromatic carbocycles. The molecule has 2 N–H and O–H groups in total. The largest absolute Gasteiger partial charge is 0.325 e. The van der Waals surface area contributed by atoms with Gasteiger partial charge in [0.15, 0.2) is 0 Å². The molecule has 2 aromatic rings. The van der Waals surface area contributed by atoms with Gasteiger partial charge < -0.3 is 5.73 Å². The fraction of sp³-hybridized carbons (Fsp3) is 0.500. The van der Waals surface area contributed by atoms with Crippen LogP contribution in [-0.4, -0.2) is 20.0 Å². The van der Waals surface area contributed by atoms with Gasteiger partial charge in [-0.25, -0.2) is 4.68 Å². The van der Waals surface area contributed by atoms with Crippen LogP contribution in [0.4, 0.5) is 0 Å². The van der Waals surface area contributed by atoms with E-state index in [9.17, 15) is 0 Å². The fourth-order valence-electron chi connectivity index (χ4n) is 2.16. The summed E-state index contributed by atoms with van der Waals surface area (Å²) >= 11 is 0. The molecule has 2 rings (SSSR count). The first-order chi connectivity index (χ1) is 9.36. The van der Waals surface area contributed by atoms with Gasteiger partial charge >= 0.3 is 0 Å². The first kappa shape index (κ1) is 13.7. The summed E-state index contributed by atoms with van der Waals surface area (Å²) in [6.07, 6.45) is 8.42. The van der Waals surface area contributed by atoms with Gasteiger partial charge in [-0.2, -0.15) is 0 Å². The van der Waals surface area contributed by atoms with Crippen LogP contribution in [0, 0.1) is 0 Å². The summed E-state index contributed by atoms with van der Waals surface area (Å²) in [5.74, 6) is 0. The smallest absolute Gasteiger partial charge is 0.104 e. The van der Waals surface area contributed by atoms with Gasteiger partial charge in [-0.15, -0.1) is 5.10 Å². The zero-order valence-corrected chi connectivity index (χ0v) is 11.4. The molecule has 0 saturated carbocycles. The minimum atomic E-state index is 0.409. The van der Waals surface area contributed by atoms with E-state index in [4.69, 9.17) is 5.73 Å². The average molecular weight is 259 g/mol. The predicted octanol–water partition coefficient (Wildman–Crippen LogP) is 2.38. The number of nitrogens with zero attached hydrogens (tertiary/aromatic N) is 4. The SMILES string of the molecule is CCCCCCn1nnc(CN)c1-c1ccncc1. The molecule has 0 bridgehead atoms. The molecule has 0 amide bonds. The van der Waals surface area contributed by atoms with Crippen LogP contribution < -0.4 is 5.73 Å². The highest BCUT2D eigenvalue weighted by Gasteiger charge is 2.13. The van der Waals surface area contributed by atoms with E-state index < -0.39 is 0 Å². The highest BCUT2D eigenvalue weighted by Crippen LogP contribution is 2.21. The summed E-state index contributed by atoms with van der Waals surface area (Å²) in [5, 5.41) is 8.40. The number of pyridine rings is 1. The molecule has 5 heteroatoms. The lowest BCUT2D eigenvalue weighted by atomic mass is 10.1. The summed E-state index contributed by atoms with van der Waals surface area (Å²) in [5.41, 5.74) is 8.70. The number of aryl methyl sites for hydroxylation is 1. The molecule has 0 aliphatic rings. The number of unbranched alkanes of at least 4 members (excludes halogenated alkanes) is 3. The molecule has 0 fully saturated rings. The Morgan fingerprint density at radius 2 is 1.95 bits per heavy atom. The van der Waals surface area contributed by atoms with Crippen LogP contribution in [-0.2, 0) is 13.1 Å². The zero-order valence-electron chi connectivity index (χ0n) is 11.4. The van der Waals surface area contributed by atoms with Gasteiger partial charge in [-0.3, -0.25) is 4.98 Å². The molecule has 0 saturated heterocycles. The second-order valence-corrected chi connectivity index (χ2v) is 4.61. The van der Waals surface area contributed by atoms with Gasteiger partial charge in [-0.05, 0) is 18.6 Å². The first-order valence-electron chi connectivity index (χ1n) is 6.89. The van der Waals surface area contributed by atoms with Gasteiger partial charge in [0.05, 0.1) is 5.69 Å². The summed E-state index contributed by atoms with van der Waals surface area (Å²) in [4.78, 5) is 4.05. The Balaban J connectivity index is 2.18. The topological polar surface area (TPSA) is 69.6 Å². The molecule has 2 heterocycles. The number of aromatic nitrogens is 4. The van der Waals surface area contributed by atoms with Gasteiger partial charge in [0, 0.05) is 31.0 Å². The molecule has 0 aliphatic carbocycles. The Bertz CT molecular complexity index is 492. The van der Waals surface area contributed by atoms with Crippen LogP contribution in [0.15, 0.2) is 24.5 Å². The van der Waals surface area contributed by atoms with Crippen molar-refractivity contribution in [3.63, 3.8) is 0 Å². The lowest BCUT2D eigenvalue weighted by Gasteiger charge is -2.07. The molecule has 102 valence electrons. The first-order valence-corrected chi connectivity index (χ1v) is 6.89. The highest BCUT2D eigenvalue weighted by molar-refractivity contribution is 5.61. The van der Waals surface area contributed by atoms with E-state index in [1.807, 2.05) is 16.8 Å². The van der Waals surface area contributed by atoms with Crippen molar-refractivity contribution in [1.29, 1.82) is 0 Å². The van der Waals surface area contributed by atoms with E-state index in [0.29, 0.717) is 6.54 Å². The normalized spacial score (nSPS) is 10.8. The van der Waals surface area contributed by atoms with Crippen LogP contribution in [0.25, 0.3) is 11.3 Å². The quantitative estimate of drug-likeness (QED) is 0.775. The average Bonchev–Trinajstić information content (AvgIpc) is 2.87. The van der Waals surface area contributed by atoms with Crippen LogP contribution in [0.1, 0.15) is 38.3 Å². The third-order valence-corrected chi connectivity index (χ3v) is 3.18. The molecule has 0 aliphatic heterocycles. The van der Waals surface area contributed by atoms with E-state index in [-0.39, 0.29) is 0 Å². The lowest BCUT2D eigenvalue weighted by molar-refractivity contribution is 0.531. The Kier molecular flexibility index (Phi) is 5.03. The summed E-state index contributed by atoms with van der Waals surface area (Å²) in [7, 11) is 0. The Morgan fingerprint density at radius 3 is 2.63 bits per heavy atom. The van der Waals surface area contributed by atoms with E-state index in [1.54, 1.807) is 12.4 Å². The van der Waals surface area contributed by atoms with Crippen molar-refractivity contribution in [1.82, 2.24) is 20.0 Å². The number of rotatable bonds is 7. The Morgan fingerprint density at radius 1 is 1.16 bits per heavy atom. The minimum absolute atomic E-state index is 0.409. The summed E-state index contributed by atoms with van der Waals surface area (Å²) in [6, 6.07) is 3.95. The van der Waals surface area contributed by atoms with Crippen LogP contribution >= 0.6 is 0 Å². The zero-order chi connectivity index (χ0) is 13.5. The van der Waals surface area contributed by atoms with E-state index >= 15 is 0 Å². The maximum Gasteiger partial charge on any atom is 0.104 e. The Labute approximate surface area is 113 Å². The molecule has 0 unspecified atom stereocenters. The number of hydrogen-bond acceptors (Lipinski definition) is 4. The van der Waals surface area contributed by atoms with E-state index in [0.717, 1.165) is 29.9 Å². The molecule has 2 aromatic heterocycles. The van der Waals surface area contributed by atoms with Crippen molar-refractivity contribution in [2.45, 2.75) is 45.7 Å². The van der Waals surface area contributed by atoms with Gasteiger partial charge in [-0.1, -0.05) is 31.4 Å². The second-order valence-electron chi connectivity index (χ2n) is 4.61. The van der Waals surface area contributed by atoms with Crippen molar-refractivity contribution >= 4 is 0 Å². The number of nitrogens with two attached hydrogens (primary N) is 1. The van der Waals surface area contributed by atoms with Gasteiger partial charge in [0.1, 0.15) is 5.69 Å². The van der Waals surface area contributed by atoms with Crippen molar-refractivity contribution < 1.29 is 0 Å². The third kappa shape index (κ3) is 3.38. The van der Waals surface area contributed by atoms with Crippen molar-refractivity contribution in [3.8, 4) is 11.3 Å². The molecular weight excluding hydrogens is 238 g/mol. The standard InChI is InChI=1S/C14H21N5/c1-2-3-4-5-10-19-14(13(11-15)17-18-19)12-6-8-16-9-7-12/h6-9H,2-5,10-11,15H2,1H3. The van der Waals surface area contributed by atoms with Crippen molar-refractivity contribution in [3.05, 3.63) is 30.2 Å². The molecule has 5 nitrogen and oxygen atoms in total. The molecule has 19 heavy (non-hydrogen) atoms. The number of hydrogen-bond donors (Lipinski definition) is 1. The fourth-order valence-corrected chi connectivity index (χ4v) is 2.16. The molecular formula is C14H21N5. The van der Waals surface area contributed by atoms with Gasteiger partial charge in [0.2, 0.25) is 0 Å². The van der Waals surface area contributed by atoms with Crippen LogP contribution in [0.5, 0.6) is 0 Å². The highest BCUT2D eigenvalue weighted by atomic mass is 15.4. The molecule has 0 atom stereocenters. The van der Waals surface area contributed by atoms with Crippen LogP contribution in [0.2, 0.25) is 0 Å². The molecule has 0 spiro atoms. The van der Waals surface area contributed by atoms with E-state index in [2.05, 4.69) is 22.2 Å². The summed E-state index contributed by atoms with van der Waals surface area (Å²) < 4.78 is 1.97. The third-order valence-electron chi connectivity index (χ3n) is 3.18. The lowest BCUT2D eigenvalue weighted by Crippen LogP contribution is -2.05. The van der Waals surface area contributed by atoms with E-state index in [1.165, 1.54) is 19.3 Å². The monoisotopic (exact) mass is 259 g/mol. The van der Waals surface area contributed by atoms with Crippen molar-refractivity contribution in [2.75, 3.05) is 0 Å². The van der Waals surface area contributed by atoms with Crippen LogP contribution in [0.3, 0.4) is 0 Å².